The Hall–Kier alpha value is -1.62. The molecule has 0 fully saturated rings. The predicted molar refractivity (Wildman–Crippen MR) is 74.3 cm³/mol. The molecule has 0 spiro atoms. The molecule has 0 bridgehead atoms. The first-order valence-corrected chi connectivity index (χ1v) is 6.17. The molecule has 2 rings (SSSR count). The number of nitrogens with zero attached hydrogens (tertiary/aromatic N) is 3. The van der Waals surface area contributed by atoms with Crippen molar-refractivity contribution >= 4 is 16.9 Å². The van der Waals surface area contributed by atoms with E-state index < -0.39 is 5.60 Å². The molecule has 2 heterocycles. The van der Waals surface area contributed by atoms with E-state index >= 15 is 0 Å². The molecule has 0 aromatic carbocycles. The molecule has 5 nitrogen and oxygen atoms in total. The Kier molecular flexibility index (Phi) is 4.29. The van der Waals surface area contributed by atoms with Gasteiger partial charge in [0.2, 0.25) is 0 Å². The van der Waals surface area contributed by atoms with Crippen molar-refractivity contribution in [3.63, 3.8) is 0 Å². The molecule has 0 aliphatic heterocycles. The number of anilines is 1. The van der Waals surface area contributed by atoms with E-state index in [1.165, 1.54) is 6.33 Å². The lowest BCUT2D eigenvalue weighted by Crippen LogP contribution is -2.25. The molecule has 0 aliphatic rings. The van der Waals surface area contributed by atoms with Crippen LogP contribution in [0.25, 0.3) is 11.0 Å². The summed E-state index contributed by atoms with van der Waals surface area (Å²) in [6.45, 7) is 9.97. The maximum absolute atomic E-state index is 9.81. The predicted octanol–water partition coefficient (Wildman–Crippen LogP) is 2.12. The van der Waals surface area contributed by atoms with E-state index in [0.29, 0.717) is 12.4 Å². The molecular formula is C13H22N4O. The standard InChI is InChI=1S/C11H16N4O.C2H6/c1-7-4-15(5-11(2,3)16)10-8(7)9(12)13-6-14-10;1-2/h4,6,16H,5H2,1-3H3,(H2,12,13,14);1-2H3. The molecule has 100 valence electrons. The lowest BCUT2D eigenvalue weighted by Gasteiger charge is -2.18. The Morgan fingerprint density at radius 3 is 2.50 bits per heavy atom. The van der Waals surface area contributed by atoms with Crippen LogP contribution in [-0.2, 0) is 6.54 Å². The fraction of sp³-hybridized carbons (Fsp3) is 0.538. The number of aryl methyl sites for hydroxylation is 1. The molecule has 0 radical (unpaired) electrons. The topological polar surface area (TPSA) is 77.0 Å². The Bertz CT molecular complexity index is 526. The fourth-order valence-electron chi connectivity index (χ4n) is 1.88. The monoisotopic (exact) mass is 250 g/mol. The van der Waals surface area contributed by atoms with Crippen molar-refractivity contribution in [2.24, 2.45) is 0 Å². The SMILES string of the molecule is CC.Cc1cn(CC(C)(C)O)c2ncnc(N)c12. The first-order valence-electron chi connectivity index (χ1n) is 6.17. The van der Waals surface area contributed by atoms with Gasteiger partial charge < -0.3 is 15.4 Å². The summed E-state index contributed by atoms with van der Waals surface area (Å²) < 4.78 is 1.91. The number of fused-ring (bicyclic) bond motifs is 1. The average Bonchev–Trinajstić information content (AvgIpc) is 2.57. The van der Waals surface area contributed by atoms with E-state index in [-0.39, 0.29) is 0 Å². The van der Waals surface area contributed by atoms with Crippen LogP contribution in [0.2, 0.25) is 0 Å². The van der Waals surface area contributed by atoms with Gasteiger partial charge in [-0.25, -0.2) is 9.97 Å². The van der Waals surface area contributed by atoms with Crippen LogP contribution < -0.4 is 5.73 Å². The molecule has 2 aromatic rings. The zero-order chi connectivity index (χ0) is 13.9. The van der Waals surface area contributed by atoms with Gasteiger partial charge in [0.25, 0.3) is 0 Å². The minimum atomic E-state index is -0.780. The van der Waals surface area contributed by atoms with Crippen LogP contribution in [0.5, 0.6) is 0 Å². The summed E-state index contributed by atoms with van der Waals surface area (Å²) >= 11 is 0. The number of aromatic nitrogens is 3. The zero-order valence-electron chi connectivity index (χ0n) is 11.7. The van der Waals surface area contributed by atoms with Crippen molar-refractivity contribution in [3.8, 4) is 0 Å². The van der Waals surface area contributed by atoms with Crippen LogP contribution in [-0.4, -0.2) is 25.2 Å². The Morgan fingerprint density at radius 1 is 1.33 bits per heavy atom. The fourth-order valence-corrected chi connectivity index (χ4v) is 1.88. The molecular weight excluding hydrogens is 228 g/mol. The van der Waals surface area contributed by atoms with Crippen LogP contribution in [0.3, 0.4) is 0 Å². The van der Waals surface area contributed by atoms with E-state index in [9.17, 15) is 5.11 Å². The highest BCUT2D eigenvalue weighted by molar-refractivity contribution is 5.89. The Morgan fingerprint density at radius 2 is 1.94 bits per heavy atom. The highest BCUT2D eigenvalue weighted by Gasteiger charge is 2.17. The van der Waals surface area contributed by atoms with Gasteiger partial charge in [-0.2, -0.15) is 0 Å². The van der Waals surface area contributed by atoms with Crippen molar-refractivity contribution in [2.45, 2.75) is 46.8 Å². The minimum Gasteiger partial charge on any atom is -0.389 e. The molecule has 0 saturated carbocycles. The lowest BCUT2D eigenvalue weighted by molar-refractivity contribution is 0.0626. The maximum Gasteiger partial charge on any atom is 0.145 e. The molecule has 0 amide bonds. The third-order valence-electron chi connectivity index (χ3n) is 2.43. The van der Waals surface area contributed by atoms with Gasteiger partial charge in [-0.1, -0.05) is 13.8 Å². The van der Waals surface area contributed by atoms with Gasteiger partial charge in [-0.05, 0) is 26.3 Å². The summed E-state index contributed by atoms with van der Waals surface area (Å²) in [6.07, 6.45) is 3.38. The summed E-state index contributed by atoms with van der Waals surface area (Å²) in [6, 6.07) is 0. The maximum atomic E-state index is 9.81. The smallest absolute Gasteiger partial charge is 0.145 e. The quantitative estimate of drug-likeness (QED) is 0.856. The molecule has 3 N–H and O–H groups in total. The van der Waals surface area contributed by atoms with Gasteiger partial charge >= 0.3 is 0 Å². The summed E-state index contributed by atoms with van der Waals surface area (Å²) in [5, 5.41) is 10.7. The number of hydrogen-bond acceptors (Lipinski definition) is 4. The largest absolute Gasteiger partial charge is 0.389 e. The molecule has 0 aliphatic carbocycles. The number of hydrogen-bond donors (Lipinski definition) is 2. The van der Waals surface area contributed by atoms with E-state index in [2.05, 4.69) is 9.97 Å². The number of rotatable bonds is 2. The minimum absolute atomic E-state index is 0.480. The van der Waals surface area contributed by atoms with E-state index in [0.717, 1.165) is 16.6 Å². The lowest BCUT2D eigenvalue weighted by atomic mass is 10.1. The van der Waals surface area contributed by atoms with Crippen molar-refractivity contribution in [2.75, 3.05) is 5.73 Å². The van der Waals surface area contributed by atoms with Crippen LogP contribution in [0.1, 0.15) is 33.3 Å². The Balaban J connectivity index is 0.000000771. The Labute approximate surface area is 108 Å². The molecule has 0 saturated heterocycles. The van der Waals surface area contributed by atoms with Gasteiger partial charge in [-0.15, -0.1) is 0 Å². The highest BCUT2D eigenvalue weighted by Crippen LogP contribution is 2.24. The highest BCUT2D eigenvalue weighted by atomic mass is 16.3. The molecule has 0 unspecified atom stereocenters. The number of aliphatic hydroxyl groups is 1. The third-order valence-corrected chi connectivity index (χ3v) is 2.43. The first kappa shape index (κ1) is 14.4. The molecule has 5 heteroatoms. The van der Waals surface area contributed by atoms with E-state index in [4.69, 9.17) is 5.73 Å². The van der Waals surface area contributed by atoms with Crippen molar-refractivity contribution in [1.29, 1.82) is 0 Å². The van der Waals surface area contributed by atoms with Crippen molar-refractivity contribution < 1.29 is 5.11 Å². The summed E-state index contributed by atoms with van der Waals surface area (Å²) in [4.78, 5) is 8.18. The zero-order valence-corrected chi connectivity index (χ0v) is 11.7. The van der Waals surface area contributed by atoms with Crippen LogP contribution in [0, 0.1) is 6.92 Å². The molecule has 2 aromatic heterocycles. The second kappa shape index (κ2) is 5.35. The van der Waals surface area contributed by atoms with Crippen LogP contribution >= 0.6 is 0 Å². The second-order valence-electron chi connectivity index (χ2n) is 4.71. The van der Waals surface area contributed by atoms with Crippen molar-refractivity contribution in [3.05, 3.63) is 18.1 Å². The number of nitrogens with two attached hydrogens (primary N) is 1. The normalized spacial score (nSPS) is 11.2. The molecule has 18 heavy (non-hydrogen) atoms. The first-order chi connectivity index (χ1) is 8.38. The van der Waals surface area contributed by atoms with Gasteiger partial charge in [-0.3, -0.25) is 0 Å². The average molecular weight is 250 g/mol. The van der Waals surface area contributed by atoms with Crippen molar-refractivity contribution in [1.82, 2.24) is 14.5 Å². The van der Waals surface area contributed by atoms with Gasteiger partial charge in [0.15, 0.2) is 0 Å². The summed E-state index contributed by atoms with van der Waals surface area (Å²) in [5.41, 5.74) is 6.82. The second-order valence-corrected chi connectivity index (χ2v) is 4.71. The van der Waals surface area contributed by atoms with Gasteiger partial charge in [0.1, 0.15) is 17.8 Å². The van der Waals surface area contributed by atoms with E-state index in [1.54, 1.807) is 13.8 Å². The molecule has 0 atom stereocenters. The number of nitrogen functional groups attached to an aromatic ring is 1. The summed E-state index contributed by atoms with van der Waals surface area (Å²) in [7, 11) is 0. The van der Waals surface area contributed by atoms with Crippen LogP contribution in [0.15, 0.2) is 12.5 Å². The summed E-state index contributed by atoms with van der Waals surface area (Å²) in [5.74, 6) is 0.483. The van der Waals surface area contributed by atoms with Gasteiger partial charge in [0.05, 0.1) is 17.5 Å². The van der Waals surface area contributed by atoms with Gasteiger partial charge in [0, 0.05) is 6.20 Å². The third kappa shape index (κ3) is 2.98. The van der Waals surface area contributed by atoms with E-state index in [1.807, 2.05) is 31.5 Å². The van der Waals surface area contributed by atoms with Crippen LogP contribution in [0.4, 0.5) is 5.82 Å².